The molecule has 1 heterocycles. The molecule has 19 nitrogen and oxygen atoms in total. The van der Waals surface area contributed by atoms with Crippen molar-refractivity contribution in [3.05, 3.63) is 24.3 Å². The molecule has 1 aliphatic rings. The lowest BCUT2D eigenvalue weighted by atomic mass is 9.98. The first-order chi connectivity index (χ1) is 35.2. The number of unbranched alkanes of at least 4 members (excludes halogenated alkanes) is 22. The van der Waals surface area contributed by atoms with Crippen LogP contribution in [0.25, 0.3) is 0 Å². The predicted octanol–water partition coefficient (Wildman–Crippen LogP) is 6.50. The molecule has 0 radical (unpaired) electrons. The third kappa shape index (κ3) is 35.2. The lowest BCUT2D eigenvalue weighted by Gasteiger charge is -2.42. The van der Waals surface area contributed by atoms with E-state index < -0.39 is 121 Å². The summed E-state index contributed by atoms with van der Waals surface area (Å²) in [4.78, 5) is 36.0. The van der Waals surface area contributed by atoms with Crippen molar-refractivity contribution in [1.29, 1.82) is 0 Å². The molecule has 0 aromatic heterocycles. The van der Waals surface area contributed by atoms with Crippen molar-refractivity contribution in [1.82, 2.24) is 5.32 Å². The summed E-state index contributed by atoms with van der Waals surface area (Å²) in [6, 6.07) is 0. The number of esters is 2. The molecule has 0 aromatic rings. The van der Waals surface area contributed by atoms with Crippen LogP contribution < -0.4 is 5.32 Å². The number of rotatable bonds is 49. The lowest BCUT2D eigenvalue weighted by molar-refractivity contribution is -0.327. The van der Waals surface area contributed by atoms with Crippen LogP contribution in [-0.2, 0) is 42.1 Å². The van der Waals surface area contributed by atoms with E-state index in [-0.39, 0.29) is 19.4 Å². The highest BCUT2D eigenvalue weighted by atomic mass is 31.2. The summed E-state index contributed by atoms with van der Waals surface area (Å²) in [5.74, 6) is -1.05. The average molecular weight is 1070 g/mol. The van der Waals surface area contributed by atoms with Crippen LogP contribution >= 0.6 is 7.82 Å². The molecule has 0 aliphatic carbocycles. The number of aliphatic hydroxyl groups excluding tert-OH is 8. The second kappa shape index (κ2) is 45.1. The molecule has 20 heteroatoms. The minimum Gasteiger partial charge on any atom is -0.462 e. The van der Waals surface area contributed by atoms with E-state index in [9.17, 15) is 59.9 Å². The largest absolute Gasteiger partial charge is 0.472 e. The number of carbonyl (C=O) groups excluding carboxylic acids is 2. The Morgan fingerprint density at radius 1 is 0.616 bits per heavy atom. The minimum absolute atomic E-state index is 0.108. The van der Waals surface area contributed by atoms with Gasteiger partial charge < -0.3 is 70.0 Å². The summed E-state index contributed by atoms with van der Waals surface area (Å²) in [6.45, 7) is 0.659. The van der Waals surface area contributed by atoms with Crippen molar-refractivity contribution in [2.24, 2.45) is 0 Å². The third-order valence-electron chi connectivity index (χ3n) is 12.8. The Labute approximate surface area is 437 Å². The van der Waals surface area contributed by atoms with Crippen molar-refractivity contribution in [2.75, 3.05) is 46.1 Å². The third-order valence-corrected chi connectivity index (χ3v) is 13.7. The number of ether oxygens (including phenoxy) is 4. The van der Waals surface area contributed by atoms with Crippen LogP contribution in [0.4, 0.5) is 0 Å². The van der Waals surface area contributed by atoms with Crippen molar-refractivity contribution >= 4 is 19.8 Å². The van der Waals surface area contributed by atoms with E-state index in [1.165, 1.54) is 77.0 Å². The van der Waals surface area contributed by atoms with Crippen LogP contribution in [0.2, 0.25) is 0 Å². The van der Waals surface area contributed by atoms with Gasteiger partial charge in [0.05, 0.1) is 32.5 Å². The maximum atomic E-state index is 12.9. The van der Waals surface area contributed by atoms with E-state index in [4.69, 9.17) is 28.0 Å². The average Bonchev–Trinajstić information content (AvgIpc) is 3.37. The molecule has 0 amide bonds. The Hall–Kier alpha value is -1.91. The van der Waals surface area contributed by atoms with Crippen LogP contribution in [-0.4, -0.2) is 165 Å². The fraction of sp³-hybridized carbons (Fsp3) is 0.887. The van der Waals surface area contributed by atoms with Gasteiger partial charge in [-0.1, -0.05) is 141 Å². The standard InChI is InChI=1S/C53H100NO18P/c1-3-5-7-9-11-13-15-17-19-21-23-25-27-29-31-33-46(59)67-40-42(70-47(60)34-32-30-28-26-24-22-20-18-16-14-12-10-8-6-4-2)41-69-73(65,66)68-36-35-54-37-43(57)48(61)52(44(58)38-55)72-53-51(64)50(63)49(62)45(39-56)71-53/h17-20,42-45,48-58,61-64H,3-16,21-41H2,1-2H3,(H,65,66). The molecule has 1 rings (SSSR count). The fourth-order valence-corrected chi connectivity index (χ4v) is 8.93. The molecular formula is C53H100NO18P. The molecule has 0 aromatic carbocycles. The molecule has 11 atom stereocenters. The lowest BCUT2D eigenvalue weighted by Crippen LogP contribution is -2.61. The first kappa shape index (κ1) is 69.1. The van der Waals surface area contributed by atoms with Crippen LogP contribution in [0.5, 0.6) is 0 Å². The molecular weight excluding hydrogens is 970 g/mol. The van der Waals surface area contributed by atoms with E-state index in [2.05, 4.69) is 43.5 Å². The summed E-state index contributed by atoms with van der Waals surface area (Å²) in [5, 5.41) is 83.8. The molecule has 1 saturated heterocycles. The van der Waals surface area contributed by atoms with Gasteiger partial charge in [0, 0.05) is 25.9 Å². The summed E-state index contributed by atoms with van der Waals surface area (Å²) >= 11 is 0. The van der Waals surface area contributed by atoms with Gasteiger partial charge in [0.2, 0.25) is 0 Å². The van der Waals surface area contributed by atoms with E-state index in [1.54, 1.807) is 0 Å². The monoisotopic (exact) mass is 1070 g/mol. The summed E-state index contributed by atoms with van der Waals surface area (Å²) in [5.41, 5.74) is 0. The van der Waals surface area contributed by atoms with Gasteiger partial charge in [0.15, 0.2) is 12.4 Å². The summed E-state index contributed by atoms with van der Waals surface area (Å²) in [7, 11) is -4.76. The number of aliphatic hydroxyl groups is 8. The second-order valence-electron chi connectivity index (χ2n) is 19.4. The van der Waals surface area contributed by atoms with Gasteiger partial charge in [0.25, 0.3) is 0 Å². The molecule has 0 bridgehead atoms. The number of allylic oxidation sites excluding steroid dienone is 4. The predicted molar refractivity (Wildman–Crippen MR) is 278 cm³/mol. The zero-order chi connectivity index (χ0) is 54.0. The number of carbonyl (C=O) groups is 2. The SMILES string of the molecule is CCCCCCCCC=CCCCCCCCC(=O)OCC(COP(=O)(O)OCCNCC(O)C(O)C(OC1OC(CO)C(O)C(O)C1O)C(O)CO)OC(=O)CCCCCCCC=CCCCCCCCC. The number of nitrogens with one attached hydrogen (secondary N) is 1. The Bertz CT molecular complexity index is 1440. The van der Waals surface area contributed by atoms with Gasteiger partial charge in [-0.25, -0.2) is 4.57 Å². The van der Waals surface area contributed by atoms with Gasteiger partial charge in [-0.05, 0) is 64.2 Å². The van der Waals surface area contributed by atoms with Crippen molar-refractivity contribution < 1.29 is 87.9 Å². The quantitative estimate of drug-likeness (QED) is 0.0135. The molecule has 11 unspecified atom stereocenters. The summed E-state index contributed by atoms with van der Waals surface area (Å²) in [6.07, 6.45) is 21.3. The normalized spacial score (nSPS) is 21.3. The van der Waals surface area contributed by atoms with E-state index in [1.807, 2.05) is 0 Å². The zero-order valence-electron chi connectivity index (χ0n) is 44.5. The smallest absolute Gasteiger partial charge is 0.462 e. The maximum absolute atomic E-state index is 12.9. The highest BCUT2D eigenvalue weighted by Gasteiger charge is 2.47. The maximum Gasteiger partial charge on any atom is 0.472 e. The van der Waals surface area contributed by atoms with Gasteiger partial charge in [-0.3, -0.25) is 18.6 Å². The van der Waals surface area contributed by atoms with E-state index in [0.717, 1.165) is 77.0 Å². The van der Waals surface area contributed by atoms with Crippen LogP contribution in [0.15, 0.2) is 24.3 Å². The number of phosphoric ester groups is 1. The fourth-order valence-electron chi connectivity index (χ4n) is 8.17. The first-order valence-corrected chi connectivity index (χ1v) is 29.3. The number of hydrogen-bond acceptors (Lipinski definition) is 18. The molecule has 1 aliphatic heterocycles. The van der Waals surface area contributed by atoms with Gasteiger partial charge >= 0.3 is 19.8 Å². The van der Waals surface area contributed by atoms with Gasteiger partial charge in [-0.15, -0.1) is 0 Å². The first-order valence-electron chi connectivity index (χ1n) is 27.8. The van der Waals surface area contributed by atoms with Crippen LogP contribution in [0.1, 0.15) is 194 Å². The van der Waals surface area contributed by atoms with Crippen LogP contribution in [0.3, 0.4) is 0 Å². The topological polar surface area (TPSA) is 301 Å². The van der Waals surface area contributed by atoms with Gasteiger partial charge in [0.1, 0.15) is 49.3 Å². The molecule has 73 heavy (non-hydrogen) atoms. The number of hydrogen-bond donors (Lipinski definition) is 10. The Balaban J connectivity index is 2.59. The minimum atomic E-state index is -4.76. The molecule has 1 fully saturated rings. The van der Waals surface area contributed by atoms with Crippen molar-refractivity contribution in [3.8, 4) is 0 Å². The van der Waals surface area contributed by atoms with E-state index >= 15 is 0 Å². The Kier molecular flexibility index (Phi) is 42.7. The molecule has 430 valence electrons. The van der Waals surface area contributed by atoms with Crippen molar-refractivity contribution in [2.45, 2.75) is 255 Å². The molecule has 10 N–H and O–H groups in total. The van der Waals surface area contributed by atoms with E-state index in [0.29, 0.717) is 12.8 Å². The molecule has 0 spiro atoms. The van der Waals surface area contributed by atoms with Crippen LogP contribution in [0, 0.1) is 0 Å². The molecule has 0 saturated carbocycles. The Morgan fingerprint density at radius 3 is 1.59 bits per heavy atom. The summed E-state index contributed by atoms with van der Waals surface area (Å²) < 4.78 is 44.6. The zero-order valence-corrected chi connectivity index (χ0v) is 45.4. The van der Waals surface area contributed by atoms with Gasteiger partial charge in [-0.2, -0.15) is 0 Å². The highest BCUT2D eigenvalue weighted by Crippen LogP contribution is 2.43. The second-order valence-corrected chi connectivity index (χ2v) is 20.8. The Morgan fingerprint density at radius 2 is 1.10 bits per heavy atom. The van der Waals surface area contributed by atoms with Crippen molar-refractivity contribution in [3.63, 3.8) is 0 Å². The highest BCUT2D eigenvalue weighted by molar-refractivity contribution is 7.47. The number of phosphoric acid groups is 1.